The summed E-state index contributed by atoms with van der Waals surface area (Å²) in [6, 6.07) is 10.8. The predicted octanol–water partition coefficient (Wildman–Crippen LogP) is 3.65. The van der Waals surface area contributed by atoms with Gasteiger partial charge in [-0.2, -0.15) is 0 Å². The van der Waals surface area contributed by atoms with Gasteiger partial charge in [0.25, 0.3) is 5.91 Å². The van der Waals surface area contributed by atoms with Gasteiger partial charge >= 0.3 is 0 Å². The van der Waals surface area contributed by atoms with Gasteiger partial charge in [0.1, 0.15) is 5.75 Å². The quantitative estimate of drug-likeness (QED) is 0.801. The van der Waals surface area contributed by atoms with Crippen molar-refractivity contribution >= 4 is 38.9 Å². The molecule has 0 saturated heterocycles. The summed E-state index contributed by atoms with van der Waals surface area (Å²) in [6.07, 6.45) is 1.15. The molecule has 5 nitrogen and oxygen atoms in total. The van der Waals surface area contributed by atoms with Gasteiger partial charge in [-0.05, 0) is 42.8 Å². The zero-order chi connectivity index (χ0) is 18.6. The fraction of sp³-hybridized carbons (Fsp3) is 0.235. The molecule has 0 aliphatic carbocycles. The van der Waals surface area contributed by atoms with Crippen LogP contribution in [0.3, 0.4) is 0 Å². The van der Waals surface area contributed by atoms with Gasteiger partial charge in [0.05, 0.1) is 16.0 Å². The van der Waals surface area contributed by atoms with Crippen molar-refractivity contribution in [1.29, 1.82) is 0 Å². The molecule has 0 radical (unpaired) electrons. The minimum atomic E-state index is -3.24. The molecule has 0 unspecified atom stereocenters. The lowest BCUT2D eigenvalue weighted by atomic mass is 10.1. The fourth-order valence-electron chi connectivity index (χ4n) is 2.11. The Labute approximate surface area is 156 Å². The monoisotopic (exact) mass is 401 g/mol. The van der Waals surface area contributed by atoms with Crippen LogP contribution in [0.4, 0.5) is 0 Å². The van der Waals surface area contributed by atoms with Crippen molar-refractivity contribution < 1.29 is 17.9 Å². The zero-order valence-corrected chi connectivity index (χ0v) is 16.0. The molecule has 0 saturated carbocycles. The molecule has 0 aliphatic rings. The van der Waals surface area contributed by atoms with Crippen molar-refractivity contribution in [3.05, 3.63) is 58.1 Å². The van der Waals surface area contributed by atoms with Gasteiger partial charge in [0, 0.05) is 11.3 Å². The van der Waals surface area contributed by atoms with Crippen LogP contribution in [0.2, 0.25) is 10.0 Å². The van der Waals surface area contributed by atoms with Crippen LogP contribution in [0.1, 0.15) is 18.5 Å². The van der Waals surface area contributed by atoms with Crippen LogP contribution in [0, 0.1) is 0 Å². The van der Waals surface area contributed by atoms with E-state index in [-0.39, 0.29) is 23.5 Å². The Kier molecular flexibility index (Phi) is 6.32. The summed E-state index contributed by atoms with van der Waals surface area (Å²) >= 11 is 11.8. The highest BCUT2D eigenvalue weighted by molar-refractivity contribution is 7.90. The summed E-state index contributed by atoms with van der Waals surface area (Å²) in [5, 5.41) is 3.58. The molecule has 2 rings (SSSR count). The van der Waals surface area contributed by atoms with Crippen LogP contribution >= 0.6 is 23.2 Å². The van der Waals surface area contributed by atoms with Gasteiger partial charge in [0.2, 0.25) is 0 Å². The average molecular weight is 402 g/mol. The molecule has 0 heterocycles. The number of sulfone groups is 1. The molecule has 8 heteroatoms. The van der Waals surface area contributed by atoms with Crippen LogP contribution in [0.25, 0.3) is 0 Å². The summed E-state index contributed by atoms with van der Waals surface area (Å²) in [6.45, 7) is 1.59. The number of hydrogen-bond acceptors (Lipinski definition) is 4. The van der Waals surface area contributed by atoms with Crippen molar-refractivity contribution in [3.63, 3.8) is 0 Å². The Morgan fingerprint density at radius 3 is 2.36 bits per heavy atom. The van der Waals surface area contributed by atoms with Crippen LogP contribution in [-0.4, -0.2) is 27.2 Å². The largest absolute Gasteiger partial charge is 0.482 e. The number of carbonyl (C=O) groups excluding carboxylic acids is 1. The second-order valence-corrected chi connectivity index (χ2v) is 8.35. The first-order chi connectivity index (χ1) is 11.7. The lowest BCUT2D eigenvalue weighted by molar-refractivity contribution is -0.123. The molecule has 0 bridgehead atoms. The first-order valence-electron chi connectivity index (χ1n) is 7.34. The third kappa shape index (κ3) is 5.63. The molecular formula is C17H17Cl2NO4S. The maximum Gasteiger partial charge on any atom is 0.258 e. The van der Waals surface area contributed by atoms with Gasteiger partial charge in [-0.25, -0.2) is 8.42 Å². The van der Waals surface area contributed by atoms with Crippen molar-refractivity contribution in [2.45, 2.75) is 17.9 Å². The Hall–Kier alpha value is -1.76. The average Bonchev–Trinajstić information content (AvgIpc) is 2.53. The predicted molar refractivity (Wildman–Crippen MR) is 98.1 cm³/mol. The highest BCUT2D eigenvalue weighted by Crippen LogP contribution is 2.27. The Bertz CT molecular complexity index is 867. The minimum Gasteiger partial charge on any atom is -0.482 e. The van der Waals surface area contributed by atoms with Crippen molar-refractivity contribution in [2.75, 3.05) is 12.9 Å². The van der Waals surface area contributed by atoms with Crippen molar-refractivity contribution in [1.82, 2.24) is 5.32 Å². The van der Waals surface area contributed by atoms with E-state index in [9.17, 15) is 13.2 Å². The zero-order valence-electron chi connectivity index (χ0n) is 13.6. The molecule has 134 valence electrons. The molecule has 0 aromatic heterocycles. The number of rotatable bonds is 6. The molecule has 1 atom stereocenters. The highest BCUT2D eigenvalue weighted by Gasteiger charge is 2.13. The first-order valence-corrected chi connectivity index (χ1v) is 9.99. The molecule has 2 aromatic carbocycles. The summed E-state index contributed by atoms with van der Waals surface area (Å²) in [5.74, 6) is 0.0390. The van der Waals surface area contributed by atoms with E-state index < -0.39 is 9.84 Å². The van der Waals surface area contributed by atoms with E-state index in [4.69, 9.17) is 27.9 Å². The van der Waals surface area contributed by atoms with Gasteiger partial charge in [-0.3, -0.25) is 4.79 Å². The fourth-order valence-corrected chi connectivity index (χ4v) is 3.20. The van der Waals surface area contributed by atoms with Crippen LogP contribution in [-0.2, 0) is 14.6 Å². The van der Waals surface area contributed by atoms with E-state index in [0.717, 1.165) is 11.8 Å². The van der Waals surface area contributed by atoms with E-state index in [1.807, 2.05) is 0 Å². The summed E-state index contributed by atoms with van der Waals surface area (Å²) < 4.78 is 28.3. The maximum atomic E-state index is 12.0. The molecule has 25 heavy (non-hydrogen) atoms. The van der Waals surface area contributed by atoms with Gasteiger partial charge in [-0.15, -0.1) is 0 Å². The van der Waals surface area contributed by atoms with E-state index in [2.05, 4.69) is 5.32 Å². The van der Waals surface area contributed by atoms with E-state index in [1.165, 1.54) is 18.2 Å². The Morgan fingerprint density at radius 1 is 1.16 bits per heavy atom. The second kappa shape index (κ2) is 8.08. The van der Waals surface area contributed by atoms with Gasteiger partial charge in [0.15, 0.2) is 16.4 Å². The lowest BCUT2D eigenvalue weighted by Gasteiger charge is -2.15. The number of ether oxygens (including phenoxy) is 1. The van der Waals surface area contributed by atoms with E-state index in [0.29, 0.717) is 15.8 Å². The number of halogens is 2. The smallest absolute Gasteiger partial charge is 0.258 e. The van der Waals surface area contributed by atoms with Crippen molar-refractivity contribution in [2.24, 2.45) is 0 Å². The van der Waals surface area contributed by atoms with Gasteiger partial charge < -0.3 is 10.1 Å². The molecular weight excluding hydrogens is 385 g/mol. The van der Waals surface area contributed by atoms with Crippen LogP contribution < -0.4 is 10.1 Å². The topological polar surface area (TPSA) is 72.5 Å². The number of hydrogen-bond donors (Lipinski definition) is 1. The molecule has 0 spiro atoms. The molecule has 0 aliphatic heterocycles. The molecule has 1 N–H and O–H groups in total. The summed E-state index contributed by atoms with van der Waals surface area (Å²) in [5.41, 5.74) is 0.783. The van der Waals surface area contributed by atoms with Crippen molar-refractivity contribution in [3.8, 4) is 5.75 Å². The summed E-state index contributed by atoms with van der Waals surface area (Å²) in [4.78, 5) is 12.2. The van der Waals surface area contributed by atoms with Gasteiger partial charge in [-0.1, -0.05) is 35.3 Å². The lowest BCUT2D eigenvalue weighted by Crippen LogP contribution is -2.31. The van der Waals surface area contributed by atoms with Crippen LogP contribution in [0.15, 0.2) is 47.4 Å². The Balaban J connectivity index is 1.93. The number of nitrogens with one attached hydrogen (secondary N) is 1. The number of carbonyl (C=O) groups is 1. The molecule has 2 aromatic rings. The second-order valence-electron chi connectivity index (χ2n) is 5.49. The first kappa shape index (κ1) is 19.6. The summed E-state index contributed by atoms with van der Waals surface area (Å²) in [7, 11) is -3.24. The molecule has 0 fully saturated rings. The minimum absolute atomic E-state index is 0.201. The number of amides is 1. The third-order valence-corrected chi connectivity index (χ3v) is 5.10. The third-order valence-electron chi connectivity index (χ3n) is 3.44. The molecule has 1 amide bonds. The standard InChI is InChI=1S/C17H17Cl2NO4S/c1-11(12-3-6-14(7-4-12)25(2,22)23)20-17(21)10-24-16-8-5-13(18)9-15(16)19/h3-9,11H,10H2,1-2H3,(H,20,21)/t11-/m0/s1. The highest BCUT2D eigenvalue weighted by atomic mass is 35.5. The normalized spacial score (nSPS) is 12.5. The maximum absolute atomic E-state index is 12.0. The van der Waals surface area contributed by atoms with E-state index >= 15 is 0 Å². The number of benzene rings is 2. The van der Waals surface area contributed by atoms with Crippen LogP contribution in [0.5, 0.6) is 5.75 Å². The van der Waals surface area contributed by atoms with E-state index in [1.54, 1.807) is 31.2 Å². The Morgan fingerprint density at radius 2 is 1.80 bits per heavy atom. The SMILES string of the molecule is C[C@H](NC(=O)COc1ccc(Cl)cc1Cl)c1ccc(S(C)(=O)=O)cc1.